The number of nitrogens with zero attached hydrogens (tertiary/aromatic N) is 3. The minimum atomic E-state index is -0.172. The first-order valence-electron chi connectivity index (χ1n) is 11.3. The lowest BCUT2D eigenvalue weighted by molar-refractivity contribution is 0.0689. The van der Waals surface area contributed by atoms with E-state index in [1.165, 1.54) is 6.26 Å². The van der Waals surface area contributed by atoms with Crippen LogP contribution in [0, 0.1) is 12.8 Å². The predicted octanol–water partition coefficient (Wildman–Crippen LogP) is 5.87. The number of hydrogen-bond donors (Lipinski definition) is 0. The molecule has 0 fully saturated rings. The topological polar surface area (TPSA) is 69.7 Å². The molecule has 1 amide bonds. The van der Waals surface area contributed by atoms with Crippen molar-refractivity contribution in [1.82, 2.24) is 14.7 Å². The SMILES string of the molecule is COc1ccccc1Oc1c(CN(CC(C)C)C(=O)c2ccco2)c(C)nn1-c1ccccc1. The Morgan fingerprint density at radius 2 is 1.74 bits per heavy atom. The summed E-state index contributed by atoms with van der Waals surface area (Å²) in [7, 11) is 1.61. The summed E-state index contributed by atoms with van der Waals surface area (Å²) in [5, 5.41) is 4.78. The zero-order chi connectivity index (χ0) is 24.1. The van der Waals surface area contributed by atoms with Crippen molar-refractivity contribution >= 4 is 5.91 Å². The molecule has 0 spiro atoms. The number of aryl methyl sites for hydroxylation is 1. The van der Waals surface area contributed by atoms with Crippen molar-refractivity contribution in [2.75, 3.05) is 13.7 Å². The van der Waals surface area contributed by atoms with Crippen molar-refractivity contribution in [3.8, 4) is 23.1 Å². The standard InChI is InChI=1S/C27H29N3O4/c1-19(2)17-29(26(31)25-15-10-16-33-25)18-22-20(3)28-30(21-11-6-5-7-12-21)27(22)34-24-14-9-8-13-23(24)32-4/h5-16,19H,17-18H2,1-4H3. The molecule has 0 N–H and O–H groups in total. The molecule has 0 saturated heterocycles. The maximum absolute atomic E-state index is 13.2. The van der Waals surface area contributed by atoms with Crippen LogP contribution in [0.3, 0.4) is 0 Å². The normalized spacial score (nSPS) is 11.0. The Labute approximate surface area is 199 Å². The van der Waals surface area contributed by atoms with Gasteiger partial charge < -0.3 is 18.8 Å². The molecule has 7 nitrogen and oxygen atoms in total. The maximum Gasteiger partial charge on any atom is 0.289 e. The van der Waals surface area contributed by atoms with E-state index in [1.807, 2.05) is 61.5 Å². The fraction of sp³-hybridized carbons (Fsp3) is 0.259. The minimum absolute atomic E-state index is 0.172. The summed E-state index contributed by atoms with van der Waals surface area (Å²) in [6.07, 6.45) is 1.51. The van der Waals surface area contributed by atoms with Gasteiger partial charge in [-0.2, -0.15) is 5.10 Å². The molecular weight excluding hydrogens is 430 g/mol. The number of carbonyl (C=O) groups is 1. The number of aromatic nitrogens is 2. The average molecular weight is 460 g/mol. The molecule has 0 aliphatic heterocycles. The number of amides is 1. The van der Waals surface area contributed by atoms with Crippen LogP contribution >= 0.6 is 0 Å². The summed E-state index contributed by atoms with van der Waals surface area (Å²) in [5.74, 6) is 2.11. The first-order valence-corrected chi connectivity index (χ1v) is 11.3. The third kappa shape index (κ3) is 4.98. The van der Waals surface area contributed by atoms with Gasteiger partial charge in [-0.15, -0.1) is 0 Å². The number of carbonyl (C=O) groups excluding carboxylic acids is 1. The van der Waals surface area contributed by atoms with Crippen LogP contribution in [0.4, 0.5) is 0 Å². The number of methoxy groups -OCH3 is 1. The van der Waals surface area contributed by atoms with Gasteiger partial charge in [-0.3, -0.25) is 4.79 Å². The highest BCUT2D eigenvalue weighted by Gasteiger charge is 2.26. The van der Waals surface area contributed by atoms with E-state index in [0.29, 0.717) is 36.2 Å². The summed E-state index contributed by atoms with van der Waals surface area (Å²) in [4.78, 5) is 15.0. The number of benzene rings is 2. The summed E-state index contributed by atoms with van der Waals surface area (Å²) >= 11 is 0. The molecule has 0 radical (unpaired) electrons. The van der Waals surface area contributed by atoms with Gasteiger partial charge in [0.2, 0.25) is 5.88 Å². The summed E-state index contributed by atoms with van der Waals surface area (Å²) < 4.78 is 19.1. The predicted molar refractivity (Wildman–Crippen MR) is 130 cm³/mol. The quantitative estimate of drug-likeness (QED) is 0.313. The Morgan fingerprint density at radius 1 is 1.03 bits per heavy atom. The molecule has 0 aliphatic rings. The monoisotopic (exact) mass is 459 g/mol. The van der Waals surface area contributed by atoms with Crippen molar-refractivity contribution < 1.29 is 18.7 Å². The first-order chi connectivity index (χ1) is 16.5. The molecule has 0 saturated carbocycles. The van der Waals surface area contributed by atoms with Crippen LogP contribution in [-0.2, 0) is 6.54 Å². The largest absolute Gasteiger partial charge is 0.493 e. The number of hydrogen-bond acceptors (Lipinski definition) is 5. The lowest BCUT2D eigenvalue weighted by Gasteiger charge is -2.24. The lowest BCUT2D eigenvalue weighted by atomic mass is 10.1. The van der Waals surface area contributed by atoms with Gasteiger partial charge in [-0.05, 0) is 49.2 Å². The Morgan fingerprint density at radius 3 is 2.38 bits per heavy atom. The van der Waals surface area contributed by atoms with Crippen LogP contribution in [0.15, 0.2) is 77.4 Å². The average Bonchev–Trinajstić information content (AvgIpc) is 3.48. The van der Waals surface area contributed by atoms with Crippen molar-refractivity contribution in [2.45, 2.75) is 27.3 Å². The van der Waals surface area contributed by atoms with E-state index in [9.17, 15) is 4.79 Å². The van der Waals surface area contributed by atoms with Gasteiger partial charge in [0.15, 0.2) is 17.3 Å². The van der Waals surface area contributed by atoms with Gasteiger partial charge in [0.1, 0.15) is 0 Å². The fourth-order valence-corrected chi connectivity index (χ4v) is 3.78. The second kappa shape index (κ2) is 10.3. The van der Waals surface area contributed by atoms with Crippen LogP contribution in [0.25, 0.3) is 5.69 Å². The molecule has 2 heterocycles. The van der Waals surface area contributed by atoms with Gasteiger partial charge in [-0.1, -0.05) is 44.2 Å². The molecule has 0 aliphatic carbocycles. The van der Waals surface area contributed by atoms with E-state index in [4.69, 9.17) is 19.0 Å². The van der Waals surface area contributed by atoms with E-state index in [-0.39, 0.29) is 11.8 Å². The summed E-state index contributed by atoms with van der Waals surface area (Å²) in [5.41, 5.74) is 2.44. The summed E-state index contributed by atoms with van der Waals surface area (Å²) in [6.45, 7) is 6.96. The van der Waals surface area contributed by atoms with Crippen LogP contribution in [0.5, 0.6) is 17.4 Å². The van der Waals surface area contributed by atoms with Crippen LogP contribution < -0.4 is 9.47 Å². The molecule has 0 bridgehead atoms. The lowest BCUT2D eigenvalue weighted by Crippen LogP contribution is -2.33. The zero-order valence-electron chi connectivity index (χ0n) is 19.9. The number of ether oxygens (including phenoxy) is 2. The molecule has 2 aromatic carbocycles. The Balaban J connectivity index is 1.79. The van der Waals surface area contributed by atoms with E-state index < -0.39 is 0 Å². The van der Waals surface area contributed by atoms with E-state index in [1.54, 1.807) is 28.8 Å². The first kappa shape index (κ1) is 23.2. The molecule has 4 rings (SSSR count). The Hall–Kier alpha value is -4.00. The number of para-hydroxylation sites is 3. The highest BCUT2D eigenvalue weighted by atomic mass is 16.5. The van der Waals surface area contributed by atoms with E-state index >= 15 is 0 Å². The van der Waals surface area contributed by atoms with E-state index in [0.717, 1.165) is 16.9 Å². The number of rotatable bonds is 9. The third-order valence-corrected chi connectivity index (χ3v) is 5.37. The van der Waals surface area contributed by atoms with Crippen molar-refractivity contribution in [2.24, 2.45) is 5.92 Å². The van der Waals surface area contributed by atoms with Crippen LogP contribution in [0.2, 0.25) is 0 Å². The third-order valence-electron chi connectivity index (χ3n) is 5.37. The zero-order valence-corrected chi connectivity index (χ0v) is 19.9. The summed E-state index contributed by atoms with van der Waals surface area (Å²) in [6, 6.07) is 20.6. The van der Waals surface area contributed by atoms with E-state index in [2.05, 4.69) is 13.8 Å². The maximum atomic E-state index is 13.2. The minimum Gasteiger partial charge on any atom is -0.493 e. The molecule has 2 aromatic heterocycles. The molecule has 34 heavy (non-hydrogen) atoms. The van der Waals surface area contributed by atoms with Gasteiger partial charge >= 0.3 is 0 Å². The van der Waals surface area contributed by atoms with Crippen molar-refractivity contribution in [3.05, 3.63) is 90.0 Å². The molecule has 176 valence electrons. The smallest absolute Gasteiger partial charge is 0.289 e. The van der Waals surface area contributed by atoms with Gasteiger partial charge in [0.25, 0.3) is 5.91 Å². The molecule has 0 atom stereocenters. The van der Waals surface area contributed by atoms with Gasteiger partial charge in [0, 0.05) is 6.54 Å². The van der Waals surface area contributed by atoms with Gasteiger partial charge in [-0.25, -0.2) is 4.68 Å². The van der Waals surface area contributed by atoms with Crippen LogP contribution in [-0.4, -0.2) is 34.2 Å². The molecule has 7 heteroatoms. The Bertz CT molecular complexity index is 1230. The highest BCUT2D eigenvalue weighted by Crippen LogP contribution is 2.36. The molecular formula is C27H29N3O4. The number of furan rings is 1. The highest BCUT2D eigenvalue weighted by molar-refractivity contribution is 5.91. The van der Waals surface area contributed by atoms with Gasteiger partial charge in [0.05, 0.1) is 36.9 Å². The second-order valence-corrected chi connectivity index (χ2v) is 8.43. The van der Waals surface area contributed by atoms with Crippen molar-refractivity contribution in [3.63, 3.8) is 0 Å². The second-order valence-electron chi connectivity index (χ2n) is 8.43. The van der Waals surface area contributed by atoms with Crippen molar-refractivity contribution in [1.29, 1.82) is 0 Å². The fourth-order valence-electron chi connectivity index (χ4n) is 3.78. The van der Waals surface area contributed by atoms with Crippen LogP contribution in [0.1, 0.15) is 35.7 Å². The molecule has 0 unspecified atom stereocenters. The Kier molecular flexibility index (Phi) is 7.01. The molecule has 4 aromatic rings.